The minimum atomic E-state index is -0.233. The summed E-state index contributed by atoms with van der Waals surface area (Å²) in [6.45, 7) is 6.00. The van der Waals surface area contributed by atoms with Gasteiger partial charge < -0.3 is 10.6 Å². The van der Waals surface area contributed by atoms with Crippen LogP contribution in [0, 0.1) is 25.2 Å². The Morgan fingerprint density at radius 1 is 1.38 bits per heavy atom. The van der Waals surface area contributed by atoms with Gasteiger partial charge in [-0.1, -0.05) is 30.0 Å². The standard InChI is InChI=1S/C14H17N5OS/c1-9-5-4-6-10(2)13(9)20-8-12-17-18-14(19(12)16)21-11(3)7-15/h4-6,11H,8,16H2,1-3H3/t11-/m0/s1. The SMILES string of the molecule is Cc1cccc(C)c1OCc1nnc(S[C@@H](C)C#N)n1N. The molecule has 2 aromatic rings. The Kier molecular flexibility index (Phi) is 4.70. The molecule has 2 N–H and O–H groups in total. The molecule has 1 aromatic carbocycles. The van der Waals surface area contributed by atoms with Crippen LogP contribution in [0.3, 0.4) is 0 Å². The number of nitrogen functional groups attached to an aromatic ring is 1. The molecule has 0 unspecified atom stereocenters. The van der Waals surface area contributed by atoms with Gasteiger partial charge in [0.1, 0.15) is 12.4 Å². The van der Waals surface area contributed by atoms with E-state index >= 15 is 0 Å². The van der Waals surface area contributed by atoms with Crippen LogP contribution in [0.5, 0.6) is 5.75 Å². The third-order valence-corrected chi connectivity index (χ3v) is 3.90. The van der Waals surface area contributed by atoms with E-state index in [0.29, 0.717) is 11.0 Å². The number of nitrogens with zero attached hydrogens (tertiary/aromatic N) is 4. The van der Waals surface area contributed by atoms with Gasteiger partial charge in [0.05, 0.1) is 11.3 Å². The fourth-order valence-corrected chi connectivity index (χ4v) is 2.51. The highest BCUT2D eigenvalue weighted by atomic mass is 32.2. The number of hydrogen-bond acceptors (Lipinski definition) is 6. The monoisotopic (exact) mass is 303 g/mol. The molecule has 0 radical (unpaired) electrons. The van der Waals surface area contributed by atoms with Gasteiger partial charge in [0.25, 0.3) is 0 Å². The maximum Gasteiger partial charge on any atom is 0.211 e. The normalized spacial score (nSPS) is 11.9. The van der Waals surface area contributed by atoms with Gasteiger partial charge in [-0.15, -0.1) is 10.2 Å². The first kappa shape index (κ1) is 15.2. The molecule has 0 aliphatic heterocycles. The molecule has 0 bridgehead atoms. The van der Waals surface area contributed by atoms with Crippen LogP contribution in [0.4, 0.5) is 0 Å². The van der Waals surface area contributed by atoms with Crippen molar-refractivity contribution in [3.63, 3.8) is 0 Å². The molecule has 6 nitrogen and oxygen atoms in total. The van der Waals surface area contributed by atoms with Crippen molar-refractivity contribution >= 4 is 11.8 Å². The van der Waals surface area contributed by atoms with Crippen LogP contribution in [0.15, 0.2) is 23.4 Å². The second-order valence-corrected chi connectivity index (χ2v) is 5.98. The molecule has 7 heteroatoms. The maximum absolute atomic E-state index is 8.81. The molecule has 0 amide bonds. The van der Waals surface area contributed by atoms with Crippen molar-refractivity contribution in [1.29, 1.82) is 5.26 Å². The van der Waals surface area contributed by atoms with Crippen LogP contribution in [0.2, 0.25) is 0 Å². The van der Waals surface area contributed by atoms with Crippen LogP contribution in [-0.2, 0) is 6.61 Å². The summed E-state index contributed by atoms with van der Waals surface area (Å²) in [6, 6.07) is 8.09. The number of rotatable bonds is 5. The largest absolute Gasteiger partial charge is 0.485 e. The van der Waals surface area contributed by atoms with E-state index in [4.69, 9.17) is 15.8 Å². The van der Waals surface area contributed by atoms with E-state index < -0.39 is 0 Å². The van der Waals surface area contributed by atoms with E-state index in [2.05, 4.69) is 16.3 Å². The zero-order valence-electron chi connectivity index (χ0n) is 12.2. The number of aryl methyl sites for hydroxylation is 2. The molecule has 0 aliphatic carbocycles. The molecule has 0 saturated heterocycles. The van der Waals surface area contributed by atoms with E-state index in [0.717, 1.165) is 16.9 Å². The van der Waals surface area contributed by atoms with Gasteiger partial charge in [-0.2, -0.15) is 5.26 Å². The number of nitriles is 1. The van der Waals surface area contributed by atoms with Crippen LogP contribution < -0.4 is 10.6 Å². The first-order chi connectivity index (χ1) is 10.0. The minimum Gasteiger partial charge on any atom is -0.485 e. The zero-order chi connectivity index (χ0) is 15.4. The van der Waals surface area contributed by atoms with Crippen LogP contribution in [0.25, 0.3) is 0 Å². The van der Waals surface area contributed by atoms with Gasteiger partial charge in [-0.05, 0) is 31.9 Å². The average Bonchev–Trinajstić information content (AvgIpc) is 2.79. The third kappa shape index (κ3) is 3.47. The van der Waals surface area contributed by atoms with Crippen molar-refractivity contribution in [3.05, 3.63) is 35.2 Å². The van der Waals surface area contributed by atoms with E-state index in [9.17, 15) is 0 Å². The number of nitrogens with two attached hydrogens (primary N) is 1. The number of thioether (sulfide) groups is 1. The molecule has 0 aliphatic rings. The van der Waals surface area contributed by atoms with Gasteiger partial charge in [0, 0.05) is 0 Å². The zero-order valence-corrected chi connectivity index (χ0v) is 13.0. The van der Waals surface area contributed by atoms with E-state index in [1.807, 2.05) is 32.0 Å². The predicted octanol–water partition coefficient (Wildman–Crippen LogP) is 2.19. The van der Waals surface area contributed by atoms with Gasteiger partial charge in [-0.25, -0.2) is 4.68 Å². The lowest BCUT2D eigenvalue weighted by Gasteiger charge is -2.11. The average molecular weight is 303 g/mol. The fraction of sp³-hybridized carbons (Fsp3) is 0.357. The molecule has 1 atom stereocenters. The summed E-state index contributed by atoms with van der Waals surface area (Å²) in [5, 5.41) is 17.1. The summed E-state index contributed by atoms with van der Waals surface area (Å²) < 4.78 is 7.17. The third-order valence-electron chi connectivity index (χ3n) is 2.95. The van der Waals surface area contributed by atoms with Crippen LogP contribution in [0.1, 0.15) is 23.9 Å². The Morgan fingerprint density at radius 3 is 2.67 bits per heavy atom. The highest BCUT2D eigenvalue weighted by molar-refractivity contribution is 8.00. The Bertz CT molecular complexity index is 656. The summed E-state index contributed by atoms with van der Waals surface area (Å²) in [5.74, 6) is 7.28. The van der Waals surface area contributed by atoms with Crippen molar-refractivity contribution < 1.29 is 4.74 Å². The van der Waals surface area contributed by atoms with Gasteiger partial charge >= 0.3 is 0 Å². The number of aromatic nitrogens is 3. The second kappa shape index (κ2) is 6.50. The first-order valence-corrected chi connectivity index (χ1v) is 7.35. The maximum atomic E-state index is 8.81. The Balaban J connectivity index is 2.09. The first-order valence-electron chi connectivity index (χ1n) is 6.47. The molecular formula is C14H17N5OS. The fourth-order valence-electron chi connectivity index (χ4n) is 1.83. The van der Waals surface area contributed by atoms with Gasteiger partial charge in [0.15, 0.2) is 5.82 Å². The van der Waals surface area contributed by atoms with E-state index in [-0.39, 0.29) is 11.9 Å². The molecule has 1 heterocycles. The van der Waals surface area contributed by atoms with Crippen molar-refractivity contribution in [1.82, 2.24) is 14.9 Å². The van der Waals surface area contributed by atoms with E-state index in [1.165, 1.54) is 16.4 Å². The van der Waals surface area contributed by atoms with Crippen LogP contribution in [-0.4, -0.2) is 20.1 Å². The van der Waals surface area contributed by atoms with Crippen molar-refractivity contribution in [2.45, 2.75) is 37.8 Å². The molecule has 110 valence electrons. The lowest BCUT2D eigenvalue weighted by Crippen LogP contribution is -2.16. The summed E-state index contributed by atoms with van der Waals surface area (Å²) in [6.07, 6.45) is 0. The van der Waals surface area contributed by atoms with Crippen molar-refractivity contribution in [2.24, 2.45) is 0 Å². The predicted molar refractivity (Wildman–Crippen MR) is 81.4 cm³/mol. The second-order valence-electron chi connectivity index (χ2n) is 4.67. The summed E-state index contributed by atoms with van der Waals surface area (Å²) >= 11 is 1.27. The molecule has 0 spiro atoms. The molecular weight excluding hydrogens is 286 g/mol. The number of para-hydroxylation sites is 1. The minimum absolute atomic E-state index is 0.233. The van der Waals surface area contributed by atoms with Gasteiger partial charge in [0.2, 0.25) is 5.16 Å². The lowest BCUT2D eigenvalue weighted by atomic mass is 10.1. The Labute approximate surface area is 127 Å². The molecule has 0 saturated carbocycles. The molecule has 2 rings (SSSR count). The quantitative estimate of drug-likeness (QED) is 0.672. The lowest BCUT2D eigenvalue weighted by molar-refractivity contribution is 0.288. The topological polar surface area (TPSA) is 89.8 Å². The number of hydrogen-bond donors (Lipinski definition) is 1. The smallest absolute Gasteiger partial charge is 0.211 e. The van der Waals surface area contributed by atoms with Crippen molar-refractivity contribution in [2.75, 3.05) is 5.84 Å². The van der Waals surface area contributed by atoms with E-state index in [1.54, 1.807) is 6.92 Å². The molecule has 21 heavy (non-hydrogen) atoms. The number of ether oxygens (including phenoxy) is 1. The summed E-state index contributed by atoms with van der Waals surface area (Å²) in [4.78, 5) is 0. The Morgan fingerprint density at radius 2 is 2.05 bits per heavy atom. The van der Waals surface area contributed by atoms with Gasteiger partial charge in [-0.3, -0.25) is 0 Å². The highest BCUT2D eigenvalue weighted by Crippen LogP contribution is 2.24. The molecule has 0 fully saturated rings. The molecule has 1 aromatic heterocycles. The Hall–Kier alpha value is -2.20. The van der Waals surface area contributed by atoms with Crippen molar-refractivity contribution in [3.8, 4) is 11.8 Å². The highest BCUT2D eigenvalue weighted by Gasteiger charge is 2.14. The summed E-state index contributed by atoms with van der Waals surface area (Å²) in [7, 11) is 0. The number of benzene rings is 1. The van der Waals surface area contributed by atoms with Crippen LogP contribution >= 0.6 is 11.8 Å². The summed E-state index contributed by atoms with van der Waals surface area (Å²) in [5.41, 5.74) is 2.12.